The third-order valence-electron chi connectivity index (χ3n) is 4.49. The molecular formula is C21H16Cl3F2N5O3. The largest absolute Gasteiger partial charge is 0.480 e. The summed E-state index contributed by atoms with van der Waals surface area (Å²) in [6, 6.07) is 5.84. The molecule has 8 nitrogen and oxygen atoms in total. The second-order valence-corrected chi connectivity index (χ2v) is 8.37. The number of carboxylic acid groups (broad SMARTS) is 1. The Morgan fingerprint density at radius 3 is 2.29 bits per heavy atom. The van der Waals surface area contributed by atoms with Gasteiger partial charge in [-0.25, -0.2) is 14.8 Å². The molecule has 0 aliphatic rings. The molecule has 0 radical (unpaired) electrons. The lowest BCUT2D eigenvalue weighted by atomic mass is 10.0. The van der Waals surface area contributed by atoms with Gasteiger partial charge in [-0.05, 0) is 42.3 Å². The van der Waals surface area contributed by atoms with Crippen LogP contribution in [-0.4, -0.2) is 38.0 Å². The minimum Gasteiger partial charge on any atom is -0.480 e. The third kappa shape index (κ3) is 6.49. The van der Waals surface area contributed by atoms with Gasteiger partial charge in [0.05, 0.1) is 15.7 Å². The topological polar surface area (TPSA) is 117 Å². The fourth-order valence-electron chi connectivity index (χ4n) is 2.88. The number of carbonyl (C=O) groups excluding carboxylic acids is 1. The van der Waals surface area contributed by atoms with Gasteiger partial charge < -0.3 is 15.7 Å². The lowest BCUT2D eigenvalue weighted by molar-refractivity contribution is -0.137. The maximum absolute atomic E-state index is 13.4. The second-order valence-electron chi connectivity index (χ2n) is 7.08. The van der Waals surface area contributed by atoms with E-state index in [9.17, 15) is 23.5 Å². The number of benzene rings is 1. The Kier molecular flexibility index (Phi) is 7.86. The lowest BCUT2D eigenvalue weighted by Crippen LogP contribution is -2.32. The normalized spacial score (nSPS) is 12.2. The second kappa shape index (κ2) is 10.5. The molecule has 1 atom stereocenters. The SMILES string of the molecule is Cc1cc(C(F)(F)Cl)nc(NC(Cc2ccc(C(=O)Nc3c(Cl)cncc3Cl)cc2)C(=O)O)n1. The number of aliphatic carboxylic acids is 1. The zero-order valence-electron chi connectivity index (χ0n) is 17.3. The molecule has 0 saturated carbocycles. The van der Waals surface area contributed by atoms with Crippen LogP contribution in [0.4, 0.5) is 20.4 Å². The average Bonchev–Trinajstić information content (AvgIpc) is 2.75. The number of carboxylic acids is 1. The fraction of sp³-hybridized carbons (Fsp3) is 0.190. The van der Waals surface area contributed by atoms with Gasteiger partial charge in [-0.1, -0.05) is 35.3 Å². The third-order valence-corrected chi connectivity index (χ3v) is 5.26. The van der Waals surface area contributed by atoms with Crippen LogP contribution in [0, 0.1) is 6.92 Å². The van der Waals surface area contributed by atoms with Gasteiger partial charge >= 0.3 is 11.4 Å². The van der Waals surface area contributed by atoms with Gasteiger partial charge in [-0.3, -0.25) is 9.78 Å². The number of halogens is 5. The van der Waals surface area contributed by atoms with Crippen LogP contribution in [0.3, 0.4) is 0 Å². The number of hydrogen-bond acceptors (Lipinski definition) is 6. The van der Waals surface area contributed by atoms with Gasteiger partial charge in [0.2, 0.25) is 5.95 Å². The molecule has 3 rings (SSSR count). The van der Waals surface area contributed by atoms with E-state index in [1.54, 1.807) is 12.1 Å². The van der Waals surface area contributed by atoms with Crippen molar-refractivity contribution in [3.05, 3.63) is 75.3 Å². The molecule has 1 unspecified atom stereocenters. The Labute approximate surface area is 207 Å². The van der Waals surface area contributed by atoms with Crippen LogP contribution in [0.2, 0.25) is 10.0 Å². The first-order valence-corrected chi connectivity index (χ1v) is 10.7. The van der Waals surface area contributed by atoms with Crippen molar-refractivity contribution in [1.29, 1.82) is 0 Å². The highest BCUT2D eigenvalue weighted by Gasteiger charge is 2.31. The zero-order chi connectivity index (χ0) is 25.0. The van der Waals surface area contributed by atoms with E-state index in [4.69, 9.17) is 34.8 Å². The van der Waals surface area contributed by atoms with E-state index in [1.165, 1.54) is 31.5 Å². The Morgan fingerprint density at radius 2 is 1.74 bits per heavy atom. The van der Waals surface area contributed by atoms with E-state index in [-0.39, 0.29) is 39.4 Å². The molecule has 0 aliphatic carbocycles. The molecule has 178 valence electrons. The van der Waals surface area contributed by atoms with Gasteiger partial charge in [-0.2, -0.15) is 8.78 Å². The molecule has 1 aromatic carbocycles. The molecular weight excluding hydrogens is 515 g/mol. The standard InChI is InChI=1S/C21H16Cl3F2N5O3/c1-10-6-16(21(24,25)26)30-20(28-10)29-15(19(33)34)7-11-2-4-12(5-3-11)18(32)31-17-13(22)8-27-9-14(17)23/h2-6,8-9,15H,7H2,1H3,(H,33,34)(H,27,31,32)(H,28,29,30). The van der Waals surface area contributed by atoms with E-state index in [0.29, 0.717) is 5.56 Å². The summed E-state index contributed by atoms with van der Waals surface area (Å²) in [5.74, 6) is -2.05. The number of rotatable bonds is 8. The van der Waals surface area contributed by atoms with Crippen LogP contribution >= 0.6 is 34.8 Å². The number of alkyl halides is 3. The van der Waals surface area contributed by atoms with E-state index < -0.39 is 29.0 Å². The Hall–Kier alpha value is -3.08. The van der Waals surface area contributed by atoms with Crippen LogP contribution in [0.5, 0.6) is 0 Å². The summed E-state index contributed by atoms with van der Waals surface area (Å²) < 4.78 is 26.8. The average molecular weight is 531 g/mol. The van der Waals surface area contributed by atoms with Gasteiger partial charge in [0.25, 0.3) is 5.91 Å². The Morgan fingerprint density at radius 1 is 1.12 bits per heavy atom. The van der Waals surface area contributed by atoms with Crippen LogP contribution < -0.4 is 10.6 Å². The summed E-state index contributed by atoms with van der Waals surface area (Å²) in [5.41, 5.74) is 0.456. The number of carbonyl (C=O) groups is 2. The zero-order valence-corrected chi connectivity index (χ0v) is 19.6. The summed E-state index contributed by atoms with van der Waals surface area (Å²) in [6.45, 7) is 1.45. The fourth-order valence-corrected chi connectivity index (χ4v) is 3.43. The van der Waals surface area contributed by atoms with Crippen molar-refractivity contribution < 1.29 is 23.5 Å². The van der Waals surface area contributed by atoms with Crippen LogP contribution in [0.1, 0.15) is 27.3 Å². The van der Waals surface area contributed by atoms with E-state index in [2.05, 4.69) is 25.6 Å². The summed E-state index contributed by atoms with van der Waals surface area (Å²) in [5, 5.41) is 11.3. The van der Waals surface area contributed by atoms with Gasteiger partial charge in [0.1, 0.15) is 11.7 Å². The van der Waals surface area contributed by atoms with E-state index >= 15 is 0 Å². The number of aryl methyl sites for hydroxylation is 1. The van der Waals surface area contributed by atoms with Crippen molar-refractivity contribution >= 4 is 58.3 Å². The number of pyridine rings is 1. The van der Waals surface area contributed by atoms with Crippen LogP contribution in [0.25, 0.3) is 0 Å². The molecule has 3 N–H and O–H groups in total. The highest BCUT2D eigenvalue weighted by molar-refractivity contribution is 6.39. The van der Waals surface area contributed by atoms with Crippen molar-refractivity contribution in [3.63, 3.8) is 0 Å². The predicted octanol–water partition coefficient (Wildman–Crippen LogP) is 5.14. The summed E-state index contributed by atoms with van der Waals surface area (Å²) >= 11 is 17.0. The lowest BCUT2D eigenvalue weighted by Gasteiger charge is -2.16. The quantitative estimate of drug-likeness (QED) is 0.345. The Bertz CT molecular complexity index is 1200. The van der Waals surface area contributed by atoms with Crippen LogP contribution in [-0.2, 0) is 16.6 Å². The maximum Gasteiger partial charge on any atom is 0.364 e. The summed E-state index contributed by atoms with van der Waals surface area (Å²) in [4.78, 5) is 35.6. The Balaban J connectivity index is 1.73. The number of hydrogen-bond donors (Lipinski definition) is 3. The first kappa shape index (κ1) is 25.5. The highest BCUT2D eigenvalue weighted by atomic mass is 35.5. The summed E-state index contributed by atoms with van der Waals surface area (Å²) in [7, 11) is 0. The molecule has 0 saturated heterocycles. The number of anilines is 2. The van der Waals surface area contributed by atoms with Gasteiger partial charge in [0, 0.05) is 30.1 Å². The van der Waals surface area contributed by atoms with Crippen LogP contribution in [0.15, 0.2) is 42.7 Å². The van der Waals surface area contributed by atoms with E-state index in [1.807, 2.05) is 0 Å². The number of aromatic nitrogens is 3. The molecule has 0 bridgehead atoms. The van der Waals surface area contributed by atoms with Crippen molar-refractivity contribution in [2.24, 2.45) is 0 Å². The van der Waals surface area contributed by atoms with Crippen molar-refractivity contribution in [2.45, 2.75) is 24.8 Å². The number of amides is 1. The van der Waals surface area contributed by atoms with Crippen molar-refractivity contribution in [3.8, 4) is 0 Å². The molecule has 0 fully saturated rings. The number of nitrogens with one attached hydrogen (secondary N) is 2. The molecule has 0 aliphatic heterocycles. The minimum atomic E-state index is -3.73. The smallest absolute Gasteiger partial charge is 0.364 e. The van der Waals surface area contributed by atoms with Crippen molar-refractivity contribution in [2.75, 3.05) is 10.6 Å². The maximum atomic E-state index is 13.4. The van der Waals surface area contributed by atoms with Crippen molar-refractivity contribution in [1.82, 2.24) is 15.0 Å². The van der Waals surface area contributed by atoms with E-state index in [0.717, 1.165) is 6.07 Å². The highest BCUT2D eigenvalue weighted by Crippen LogP contribution is 2.32. The van der Waals surface area contributed by atoms with Gasteiger partial charge in [0.15, 0.2) is 0 Å². The predicted molar refractivity (Wildman–Crippen MR) is 124 cm³/mol. The first-order chi connectivity index (χ1) is 15.9. The molecule has 3 aromatic rings. The van der Waals surface area contributed by atoms with Gasteiger partial charge in [-0.15, -0.1) is 0 Å². The number of nitrogens with zero attached hydrogens (tertiary/aromatic N) is 3. The molecule has 1 amide bonds. The molecule has 2 heterocycles. The first-order valence-electron chi connectivity index (χ1n) is 9.55. The minimum absolute atomic E-state index is 0.0524. The molecule has 2 aromatic heterocycles. The molecule has 0 spiro atoms. The molecule has 34 heavy (non-hydrogen) atoms. The molecule has 13 heteroatoms. The summed E-state index contributed by atoms with van der Waals surface area (Å²) in [6.07, 6.45) is 2.61. The monoisotopic (exact) mass is 529 g/mol.